The smallest absolute Gasteiger partial charge is 0.145 e. The minimum absolute atomic E-state index is 0.760. The van der Waals surface area contributed by atoms with Crippen molar-refractivity contribution < 1.29 is 4.74 Å². The number of benzene rings is 3. The van der Waals surface area contributed by atoms with Crippen molar-refractivity contribution in [2.75, 3.05) is 6.61 Å². The van der Waals surface area contributed by atoms with Crippen LogP contribution in [-0.4, -0.2) is 16.2 Å². The predicted molar refractivity (Wildman–Crippen MR) is 121 cm³/mol. The van der Waals surface area contributed by atoms with Crippen LogP contribution in [0.2, 0.25) is 0 Å². The van der Waals surface area contributed by atoms with Crippen LogP contribution >= 0.6 is 0 Å². The standard InChI is InChI=1S/C26H28N2O/c1-3-4-5-9-18-29-23-16-17-25-24(19-23)27-26(21-10-7-6-8-11-21)28(25)22-14-12-20(2)13-15-22/h6-8,10-17,19H,3-5,9,18H2,1-2H3. The van der Waals surface area contributed by atoms with Crippen LogP contribution in [0.25, 0.3) is 28.1 Å². The molecule has 0 amide bonds. The summed E-state index contributed by atoms with van der Waals surface area (Å²) in [5.41, 5.74) is 5.51. The van der Waals surface area contributed by atoms with Crippen LogP contribution < -0.4 is 4.74 Å². The van der Waals surface area contributed by atoms with Gasteiger partial charge in [0.15, 0.2) is 0 Å². The molecule has 0 saturated carbocycles. The topological polar surface area (TPSA) is 27.1 Å². The van der Waals surface area contributed by atoms with Crippen LogP contribution in [0.1, 0.15) is 38.2 Å². The zero-order valence-corrected chi connectivity index (χ0v) is 17.3. The molecule has 148 valence electrons. The zero-order valence-electron chi connectivity index (χ0n) is 17.3. The highest BCUT2D eigenvalue weighted by Gasteiger charge is 2.15. The molecule has 0 aliphatic heterocycles. The van der Waals surface area contributed by atoms with Crippen LogP contribution in [0.3, 0.4) is 0 Å². The van der Waals surface area contributed by atoms with Crippen LogP contribution in [0.5, 0.6) is 5.75 Å². The maximum atomic E-state index is 5.99. The Morgan fingerprint density at radius 1 is 0.862 bits per heavy atom. The Hall–Kier alpha value is -3.07. The van der Waals surface area contributed by atoms with Gasteiger partial charge < -0.3 is 4.74 Å². The molecule has 0 radical (unpaired) electrons. The first kappa shape index (κ1) is 19.3. The number of hydrogen-bond acceptors (Lipinski definition) is 2. The van der Waals surface area contributed by atoms with Gasteiger partial charge in [0, 0.05) is 17.3 Å². The van der Waals surface area contributed by atoms with Crippen molar-refractivity contribution in [1.82, 2.24) is 9.55 Å². The van der Waals surface area contributed by atoms with Gasteiger partial charge in [-0.1, -0.05) is 74.2 Å². The Kier molecular flexibility index (Phi) is 5.95. The van der Waals surface area contributed by atoms with E-state index >= 15 is 0 Å². The van der Waals surface area contributed by atoms with Crippen LogP contribution in [0, 0.1) is 6.92 Å². The lowest BCUT2D eigenvalue weighted by molar-refractivity contribution is 0.305. The molecule has 3 aromatic carbocycles. The van der Waals surface area contributed by atoms with Crippen molar-refractivity contribution >= 4 is 11.0 Å². The number of hydrogen-bond donors (Lipinski definition) is 0. The molecule has 0 aliphatic rings. The fourth-order valence-corrected chi connectivity index (χ4v) is 3.60. The van der Waals surface area contributed by atoms with Gasteiger partial charge in [0.25, 0.3) is 0 Å². The van der Waals surface area contributed by atoms with Crippen molar-refractivity contribution in [3.05, 3.63) is 78.4 Å². The molecule has 4 aromatic rings. The second-order valence-corrected chi connectivity index (χ2v) is 7.53. The Morgan fingerprint density at radius 3 is 2.41 bits per heavy atom. The first-order valence-corrected chi connectivity index (χ1v) is 10.5. The number of ether oxygens (including phenoxy) is 1. The van der Waals surface area contributed by atoms with E-state index in [0.29, 0.717) is 0 Å². The average Bonchev–Trinajstić information content (AvgIpc) is 3.13. The number of rotatable bonds is 8. The minimum atomic E-state index is 0.760. The predicted octanol–water partition coefficient (Wildman–Crippen LogP) is 6.96. The first-order valence-electron chi connectivity index (χ1n) is 10.5. The molecule has 0 fully saturated rings. The third-order valence-corrected chi connectivity index (χ3v) is 5.22. The van der Waals surface area contributed by atoms with Gasteiger partial charge in [-0.3, -0.25) is 4.57 Å². The van der Waals surface area contributed by atoms with E-state index in [1.54, 1.807) is 0 Å². The Labute approximate surface area is 173 Å². The molecular formula is C26H28N2O. The summed E-state index contributed by atoms with van der Waals surface area (Å²) in [7, 11) is 0. The van der Waals surface area contributed by atoms with Crippen molar-refractivity contribution in [3.63, 3.8) is 0 Å². The lowest BCUT2D eigenvalue weighted by atomic mass is 10.2. The van der Waals surface area contributed by atoms with E-state index in [9.17, 15) is 0 Å². The van der Waals surface area contributed by atoms with Crippen molar-refractivity contribution in [2.45, 2.75) is 39.5 Å². The number of unbranched alkanes of at least 4 members (excludes halogenated alkanes) is 3. The number of imidazole rings is 1. The Morgan fingerprint density at radius 2 is 1.66 bits per heavy atom. The summed E-state index contributed by atoms with van der Waals surface area (Å²) in [4.78, 5) is 4.98. The van der Waals surface area contributed by atoms with E-state index in [1.807, 2.05) is 6.07 Å². The van der Waals surface area contributed by atoms with E-state index in [0.717, 1.165) is 46.9 Å². The van der Waals surface area contributed by atoms with Crippen molar-refractivity contribution in [1.29, 1.82) is 0 Å². The summed E-state index contributed by atoms with van der Waals surface area (Å²) in [6.45, 7) is 5.09. The average molecular weight is 385 g/mol. The van der Waals surface area contributed by atoms with Crippen LogP contribution in [0.15, 0.2) is 72.8 Å². The summed E-state index contributed by atoms with van der Waals surface area (Å²) in [5.74, 6) is 1.84. The van der Waals surface area contributed by atoms with Gasteiger partial charge >= 0.3 is 0 Å². The Bertz CT molecular complexity index is 1070. The van der Waals surface area contributed by atoms with Crippen LogP contribution in [0.4, 0.5) is 0 Å². The molecule has 0 bridgehead atoms. The number of nitrogens with zero attached hydrogens (tertiary/aromatic N) is 2. The maximum absolute atomic E-state index is 5.99. The van der Waals surface area contributed by atoms with Gasteiger partial charge in [0.1, 0.15) is 11.6 Å². The first-order chi connectivity index (χ1) is 14.3. The fraction of sp³-hybridized carbons (Fsp3) is 0.269. The minimum Gasteiger partial charge on any atom is -0.494 e. The molecule has 0 N–H and O–H groups in total. The van der Waals surface area contributed by atoms with Crippen LogP contribution in [-0.2, 0) is 0 Å². The number of fused-ring (bicyclic) bond motifs is 1. The molecule has 3 nitrogen and oxygen atoms in total. The fourth-order valence-electron chi connectivity index (χ4n) is 3.60. The molecule has 4 rings (SSSR count). The molecular weight excluding hydrogens is 356 g/mol. The molecule has 0 atom stereocenters. The summed E-state index contributed by atoms with van der Waals surface area (Å²) in [6, 6.07) is 25.2. The van der Waals surface area contributed by atoms with Gasteiger partial charge in [-0.15, -0.1) is 0 Å². The van der Waals surface area contributed by atoms with E-state index in [-0.39, 0.29) is 0 Å². The molecule has 0 saturated heterocycles. The summed E-state index contributed by atoms with van der Waals surface area (Å²) in [5, 5.41) is 0. The second-order valence-electron chi connectivity index (χ2n) is 7.53. The van der Waals surface area contributed by atoms with Gasteiger partial charge in [0.2, 0.25) is 0 Å². The summed E-state index contributed by atoms with van der Waals surface area (Å²) >= 11 is 0. The van der Waals surface area contributed by atoms with E-state index in [1.165, 1.54) is 24.8 Å². The summed E-state index contributed by atoms with van der Waals surface area (Å²) in [6.07, 6.45) is 4.83. The molecule has 0 spiro atoms. The lowest BCUT2D eigenvalue weighted by Gasteiger charge is -2.10. The molecule has 29 heavy (non-hydrogen) atoms. The second kappa shape index (κ2) is 8.95. The normalized spacial score (nSPS) is 11.1. The monoisotopic (exact) mass is 384 g/mol. The van der Waals surface area contributed by atoms with Crippen molar-refractivity contribution in [3.8, 4) is 22.8 Å². The SMILES string of the molecule is CCCCCCOc1ccc2c(c1)nc(-c1ccccc1)n2-c1ccc(C)cc1. The third-order valence-electron chi connectivity index (χ3n) is 5.22. The van der Waals surface area contributed by atoms with E-state index < -0.39 is 0 Å². The number of aromatic nitrogens is 2. The van der Waals surface area contributed by atoms with E-state index in [2.05, 4.69) is 85.1 Å². The number of aryl methyl sites for hydroxylation is 1. The van der Waals surface area contributed by atoms with Gasteiger partial charge in [-0.25, -0.2) is 4.98 Å². The molecule has 0 aliphatic carbocycles. The Balaban J connectivity index is 1.72. The third kappa shape index (κ3) is 4.34. The molecule has 0 unspecified atom stereocenters. The highest BCUT2D eigenvalue weighted by atomic mass is 16.5. The van der Waals surface area contributed by atoms with Crippen molar-refractivity contribution in [2.24, 2.45) is 0 Å². The lowest BCUT2D eigenvalue weighted by Crippen LogP contribution is -1.98. The molecule has 1 heterocycles. The van der Waals surface area contributed by atoms with Gasteiger partial charge in [0.05, 0.1) is 17.6 Å². The van der Waals surface area contributed by atoms with E-state index in [4.69, 9.17) is 9.72 Å². The summed E-state index contributed by atoms with van der Waals surface area (Å²) < 4.78 is 8.22. The largest absolute Gasteiger partial charge is 0.494 e. The maximum Gasteiger partial charge on any atom is 0.145 e. The quantitative estimate of drug-likeness (QED) is 0.307. The highest BCUT2D eigenvalue weighted by molar-refractivity contribution is 5.84. The molecule has 1 aromatic heterocycles. The molecule has 3 heteroatoms. The van der Waals surface area contributed by atoms with Gasteiger partial charge in [-0.2, -0.15) is 0 Å². The van der Waals surface area contributed by atoms with Gasteiger partial charge in [-0.05, 0) is 37.6 Å². The zero-order chi connectivity index (χ0) is 20.1. The highest BCUT2D eigenvalue weighted by Crippen LogP contribution is 2.30.